The molecule has 0 bridgehead atoms. The second kappa shape index (κ2) is 8.39. The third-order valence-corrected chi connectivity index (χ3v) is 3.94. The van der Waals surface area contributed by atoms with E-state index in [0.29, 0.717) is 17.8 Å². The summed E-state index contributed by atoms with van der Waals surface area (Å²) in [7, 11) is 1.32. The molecule has 1 aromatic heterocycles. The lowest BCUT2D eigenvalue weighted by molar-refractivity contribution is 0.0600. The second-order valence-electron chi connectivity index (χ2n) is 5.81. The Bertz CT molecular complexity index is 790. The van der Waals surface area contributed by atoms with Crippen molar-refractivity contribution in [3.05, 3.63) is 47.8 Å². The van der Waals surface area contributed by atoms with Crippen molar-refractivity contribution < 1.29 is 19.1 Å². The minimum absolute atomic E-state index is 0.0689. The van der Waals surface area contributed by atoms with E-state index in [0.717, 1.165) is 19.4 Å². The summed E-state index contributed by atoms with van der Waals surface area (Å²) in [5.41, 5.74) is 1.28. The Kier molecular flexibility index (Phi) is 5.75. The van der Waals surface area contributed by atoms with Gasteiger partial charge in [-0.2, -0.15) is 0 Å². The van der Waals surface area contributed by atoms with Crippen LogP contribution in [0.2, 0.25) is 0 Å². The number of methoxy groups -OCH3 is 1. The maximum atomic E-state index is 12.2. The number of ether oxygens (including phenoxy) is 2. The maximum Gasteiger partial charge on any atom is 0.337 e. The van der Waals surface area contributed by atoms with Gasteiger partial charge in [0.25, 0.3) is 5.91 Å². The lowest BCUT2D eigenvalue weighted by Crippen LogP contribution is -2.32. The first-order valence-corrected chi connectivity index (χ1v) is 8.34. The predicted octanol–water partition coefficient (Wildman–Crippen LogP) is 1.92. The van der Waals surface area contributed by atoms with Crippen LogP contribution in [0.3, 0.4) is 0 Å². The number of carbonyl (C=O) groups excluding carboxylic acids is 2. The van der Waals surface area contributed by atoms with Crippen LogP contribution in [0.25, 0.3) is 0 Å². The van der Waals surface area contributed by atoms with Crippen molar-refractivity contribution >= 4 is 23.5 Å². The van der Waals surface area contributed by atoms with Crippen molar-refractivity contribution in [3.8, 4) is 0 Å². The van der Waals surface area contributed by atoms with Crippen LogP contribution in [-0.4, -0.2) is 48.2 Å². The van der Waals surface area contributed by atoms with Crippen LogP contribution < -0.4 is 10.6 Å². The van der Waals surface area contributed by atoms with Gasteiger partial charge in [0.2, 0.25) is 5.95 Å². The molecule has 1 aliphatic heterocycles. The van der Waals surface area contributed by atoms with E-state index >= 15 is 0 Å². The van der Waals surface area contributed by atoms with Gasteiger partial charge in [-0.15, -0.1) is 0 Å². The minimum atomic E-state index is -0.433. The van der Waals surface area contributed by atoms with Gasteiger partial charge in [-0.05, 0) is 37.1 Å². The van der Waals surface area contributed by atoms with Crippen molar-refractivity contribution in [1.29, 1.82) is 0 Å². The number of rotatable bonds is 6. The molecule has 2 heterocycles. The molecule has 0 aliphatic carbocycles. The van der Waals surface area contributed by atoms with Gasteiger partial charge in [0, 0.05) is 25.0 Å². The lowest BCUT2D eigenvalue weighted by Gasteiger charge is -2.11. The number of benzene rings is 1. The average molecular weight is 356 g/mol. The minimum Gasteiger partial charge on any atom is -0.465 e. The number of anilines is 2. The first kappa shape index (κ1) is 17.8. The Balaban J connectivity index is 1.65. The number of carbonyl (C=O) groups is 2. The first-order chi connectivity index (χ1) is 12.7. The van der Waals surface area contributed by atoms with Crippen LogP contribution in [0, 0.1) is 0 Å². The standard InChI is InChI=1S/C18H20N4O4/c1-25-17(24)12-4-2-5-13(10-12)21-18-19-8-7-15(22-18)16(23)20-11-14-6-3-9-26-14/h2,4-5,7-8,10,14H,3,6,9,11H2,1H3,(H,20,23)(H,19,21,22). The molecule has 0 saturated carbocycles. The third kappa shape index (κ3) is 4.54. The zero-order valence-electron chi connectivity index (χ0n) is 14.4. The van der Waals surface area contributed by atoms with Crippen molar-refractivity contribution in [2.75, 3.05) is 25.6 Å². The van der Waals surface area contributed by atoms with E-state index in [4.69, 9.17) is 9.47 Å². The summed E-state index contributed by atoms with van der Waals surface area (Å²) in [5.74, 6) is -0.456. The summed E-state index contributed by atoms with van der Waals surface area (Å²) < 4.78 is 10.2. The normalized spacial score (nSPS) is 16.1. The van der Waals surface area contributed by atoms with Crippen LogP contribution >= 0.6 is 0 Å². The number of nitrogens with zero attached hydrogens (tertiary/aromatic N) is 2. The van der Waals surface area contributed by atoms with E-state index < -0.39 is 5.97 Å². The highest BCUT2D eigenvalue weighted by atomic mass is 16.5. The molecule has 1 aliphatic rings. The molecule has 136 valence electrons. The van der Waals surface area contributed by atoms with Crippen LogP contribution in [0.4, 0.5) is 11.6 Å². The molecular weight excluding hydrogens is 336 g/mol. The largest absolute Gasteiger partial charge is 0.465 e. The van der Waals surface area contributed by atoms with Gasteiger partial charge in [0.15, 0.2) is 0 Å². The highest BCUT2D eigenvalue weighted by molar-refractivity contribution is 5.92. The fraction of sp³-hybridized carbons (Fsp3) is 0.333. The molecule has 26 heavy (non-hydrogen) atoms. The van der Waals surface area contributed by atoms with E-state index in [-0.39, 0.29) is 23.7 Å². The number of hydrogen-bond donors (Lipinski definition) is 2. The van der Waals surface area contributed by atoms with Crippen molar-refractivity contribution in [1.82, 2.24) is 15.3 Å². The van der Waals surface area contributed by atoms with Crippen molar-refractivity contribution in [2.24, 2.45) is 0 Å². The molecule has 2 aromatic rings. The zero-order valence-corrected chi connectivity index (χ0v) is 14.4. The maximum absolute atomic E-state index is 12.2. The predicted molar refractivity (Wildman–Crippen MR) is 94.4 cm³/mol. The van der Waals surface area contributed by atoms with E-state index in [2.05, 4.69) is 20.6 Å². The highest BCUT2D eigenvalue weighted by Crippen LogP contribution is 2.16. The van der Waals surface area contributed by atoms with Gasteiger partial charge in [-0.25, -0.2) is 14.8 Å². The van der Waals surface area contributed by atoms with E-state index in [1.165, 1.54) is 13.3 Å². The molecular formula is C18H20N4O4. The Morgan fingerprint density at radius 1 is 1.35 bits per heavy atom. The third-order valence-electron chi connectivity index (χ3n) is 3.94. The van der Waals surface area contributed by atoms with Crippen molar-refractivity contribution in [3.63, 3.8) is 0 Å². The number of hydrogen-bond acceptors (Lipinski definition) is 7. The summed E-state index contributed by atoms with van der Waals surface area (Å²) in [6, 6.07) is 8.29. The van der Waals surface area contributed by atoms with E-state index in [1.807, 2.05) is 0 Å². The fourth-order valence-corrected chi connectivity index (χ4v) is 2.62. The van der Waals surface area contributed by atoms with Gasteiger partial charge in [0.05, 0.1) is 18.8 Å². The Morgan fingerprint density at radius 3 is 3.00 bits per heavy atom. The summed E-state index contributed by atoms with van der Waals surface area (Å²) in [6.45, 7) is 1.21. The molecule has 1 fully saturated rings. The fourth-order valence-electron chi connectivity index (χ4n) is 2.62. The van der Waals surface area contributed by atoms with E-state index in [9.17, 15) is 9.59 Å². The number of esters is 1. The van der Waals surface area contributed by atoms with Gasteiger partial charge < -0.3 is 20.1 Å². The summed E-state index contributed by atoms with van der Waals surface area (Å²) in [5, 5.41) is 5.80. The quantitative estimate of drug-likeness (QED) is 0.762. The molecule has 8 heteroatoms. The number of aromatic nitrogens is 2. The van der Waals surface area contributed by atoms with Gasteiger partial charge in [-0.1, -0.05) is 6.07 Å². The summed E-state index contributed by atoms with van der Waals surface area (Å²) >= 11 is 0. The van der Waals surface area contributed by atoms with Crippen LogP contribution in [0.15, 0.2) is 36.5 Å². The molecule has 0 radical (unpaired) electrons. The molecule has 1 saturated heterocycles. The Morgan fingerprint density at radius 2 is 2.23 bits per heavy atom. The van der Waals surface area contributed by atoms with Crippen molar-refractivity contribution in [2.45, 2.75) is 18.9 Å². The van der Waals surface area contributed by atoms with Crippen LogP contribution in [0.1, 0.15) is 33.7 Å². The smallest absolute Gasteiger partial charge is 0.337 e. The first-order valence-electron chi connectivity index (χ1n) is 8.34. The zero-order chi connectivity index (χ0) is 18.4. The molecule has 3 rings (SSSR count). The van der Waals surface area contributed by atoms with Gasteiger partial charge in [-0.3, -0.25) is 4.79 Å². The monoisotopic (exact) mass is 356 g/mol. The van der Waals surface area contributed by atoms with Gasteiger partial charge >= 0.3 is 5.97 Å². The number of nitrogens with one attached hydrogen (secondary N) is 2. The molecule has 1 unspecified atom stereocenters. The molecule has 0 spiro atoms. The highest BCUT2D eigenvalue weighted by Gasteiger charge is 2.17. The topological polar surface area (TPSA) is 102 Å². The SMILES string of the molecule is COC(=O)c1cccc(Nc2nccc(C(=O)NCC3CCCO3)n2)c1. The summed E-state index contributed by atoms with van der Waals surface area (Å²) in [4.78, 5) is 32.2. The van der Waals surface area contributed by atoms with Crippen LogP contribution in [-0.2, 0) is 9.47 Å². The van der Waals surface area contributed by atoms with Crippen LogP contribution in [0.5, 0.6) is 0 Å². The second-order valence-corrected chi connectivity index (χ2v) is 5.81. The van der Waals surface area contributed by atoms with Gasteiger partial charge in [0.1, 0.15) is 5.69 Å². The molecule has 1 amide bonds. The summed E-state index contributed by atoms with van der Waals surface area (Å²) in [6.07, 6.45) is 3.54. The molecule has 8 nitrogen and oxygen atoms in total. The Hall–Kier alpha value is -3.00. The Labute approximate surface area is 150 Å². The van der Waals surface area contributed by atoms with E-state index in [1.54, 1.807) is 30.3 Å². The molecule has 1 atom stereocenters. The molecule has 1 aromatic carbocycles. The average Bonchev–Trinajstić information content (AvgIpc) is 3.19. The lowest BCUT2D eigenvalue weighted by atomic mass is 10.2. The number of amides is 1. The molecule has 2 N–H and O–H groups in total.